The summed E-state index contributed by atoms with van der Waals surface area (Å²) >= 11 is 1.83. The average Bonchev–Trinajstić information content (AvgIpc) is 3.05. The minimum Gasteiger partial charge on any atom is -0.480 e. The molecule has 1 atom stereocenters. The third kappa shape index (κ3) is 2.70. The van der Waals surface area contributed by atoms with E-state index in [2.05, 4.69) is 16.3 Å². The van der Waals surface area contributed by atoms with E-state index in [-0.39, 0.29) is 6.54 Å². The highest BCUT2D eigenvalue weighted by Gasteiger charge is 2.33. The fourth-order valence-electron chi connectivity index (χ4n) is 3.69. The highest BCUT2D eigenvalue weighted by molar-refractivity contribution is 7.10. The summed E-state index contributed by atoms with van der Waals surface area (Å²) < 4.78 is 0. The number of hydrogen-bond acceptors (Lipinski definition) is 3. The van der Waals surface area contributed by atoms with Crippen LogP contribution in [0.5, 0.6) is 0 Å². The van der Waals surface area contributed by atoms with E-state index in [4.69, 9.17) is 0 Å². The zero-order valence-electron chi connectivity index (χ0n) is 11.2. The van der Waals surface area contributed by atoms with Gasteiger partial charge in [0, 0.05) is 17.0 Å². The number of fused-ring (bicyclic) bond motifs is 1. The zero-order chi connectivity index (χ0) is 13.2. The number of thiophene rings is 1. The summed E-state index contributed by atoms with van der Waals surface area (Å²) in [6, 6.07) is 3.04. The molecule has 1 unspecified atom stereocenters. The van der Waals surface area contributed by atoms with Crippen molar-refractivity contribution in [3.05, 3.63) is 21.9 Å². The van der Waals surface area contributed by atoms with Crippen molar-refractivity contribution >= 4 is 17.3 Å². The van der Waals surface area contributed by atoms with Gasteiger partial charge >= 0.3 is 5.97 Å². The van der Waals surface area contributed by atoms with Gasteiger partial charge < -0.3 is 5.11 Å². The largest absolute Gasteiger partial charge is 0.480 e. The molecule has 0 aliphatic heterocycles. The molecule has 4 heteroatoms. The summed E-state index contributed by atoms with van der Waals surface area (Å²) in [6.45, 7) is 0.199. The molecule has 0 aromatic carbocycles. The quantitative estimate of drug-likeness (QED) is 0.917. The normalized spacial score (nSPS) is 23.7. The lowest BCUT2D eigenvalue weighted by atomic mass is 9.91. The first-order chi connectivity index (χ1) is 9.25. The second kappa shape index (κ2) is 5.63. The van der Waals surface area contributed by atoms with E-state index in [0.717, 1.165) is 6.42 Å². The van der Waals surface area contributed by atoms with Gasteiger partial charge in [-0.2, -0.15) is 0 Å². The van der Waals surface area contributed by atoms with Crippen LogP contribution < -0.4 is 0 Å². The Morgan fingerprint density at radius 3 is 2.84 bits per heavy atom. The molecule has 2 aliphatic rings. The number of carboxylic acid groups (broad SMARTS) is 1. The molecular weight excluding hydrogens is 258 g/mol. The van der Waals surface area contributed by atoms with Gasteiger partial charge in [-0.25, -0.2) is 0 Å². The maximum Gasteiger partial charge on any atom is 0.317 e. The first-order valence-corrected chi connectivity index (χ1v) is 8.17. The molecule has 0 amide bonds. The molecule has 3 rings (SSSR count). The van der Waals surface area contributed by atoms with E-state index in [1.165, 1.54) is 49.0 Å². The standard InChI is InChI=1S/C15H21NO2S/c17-15(18)10-16(11-4-1-2-5-11)13-6-3-7-14-12(13)8-9-19-14/h8-9,11,13H,1-7,10H2,(H,17,18). The highest BCUT2D eigenvalue weighted by atomic mass is 32.1. The molecule has 19 heavy (non-hydrogen) atoms. The molecule has 1 aromatic rings. The van der Waals surface area contributed by atoms with Crippen LogP contribution in [0.2, 0.25) is 0 Å². The number of carboxylic acids is 1. The van der Waals surface area contributed by atoms with Crippen molar-refractivity contribution < 1.29 is 9.90 Å². The molecule has 1 N–H and O–H groups in total. The Labute approximate surface area is 118 Å². The van der Waals surface area contributed by atoms with Crippen LogP contribution in [0.3, 0.4) is 0 Å². The molecular formula is C15H21NO2S. The van der Waals surface area contributed by atoms with E-state index in [9.17, 15) is 9.90 Å². The maximum atomic E-state index is 11.2. The van der Waals surface area contributed by atoms with Crippen molar-refractivity contribution in [3.8, 4) is 0 Å². The lowest BCUT2D eigenvalue weighted by Crippen LogP contribution is -2.41. The van der Waals surface area contributed by atoms with Gasteiger partial charge in [-0.3, -0.25) is 9.69 Å². The van der Waals surface area contributed by atoms with E-state index < -0.39 is 5.97 Å². The first-order valence-electron chi connectivity index (χ1n) is 7.29. The highest BCUT2D eigenvalue weighted by Crippen LogP contribution is 2.40. The van der Waals surface area contributed by atoms with Gasteiger partial charge in [-0.15, -0.1) is 11.3 Å². The minimum atomic E-state index is -0.686. The molecule has 1 aromatic heterocycles. The molecule has 0 radical (unpaired) electrons. The van der Waals surface area contributed by atoms with Crippen LogP contribution in [0.1, 0.15) is 55.0 Å². The Morgan fingerprint density at radius 2 is 2.11 bits per heavy atom. The molecule has 0 bridgehead atoms. The van der Waals surface area contributed by atoms with E-state index in [1.54, 1.807) is 0 Å². The van der Waals surface area contributed by atoms with Gasteiger partial charge in [-0.1, -0.05) is 12.8 Å². The monoisotopic (exact) mass is 279 g/mol. The lowest BCUT2D eigenvalue weighted by Gasteiger charge is -2.37. The third-order valence-electron chi connectivity index (χ3n) is 4.53. The van der Waals surface area contributed by atoms with Crippen molar-refractivity contribution in [2.45, 2.75) is 57.0 Å². The SMILES string of the molecule is O=C(O)CN(C1CCCC1)C1CCCc2sccc21. The van der Waals surface area contributed by atoms with Gasteiger partial charge in [0.05, 0.1) is 6.54 Å². The number of nitrogens with zero attached hydrogens (tertiary/aromatic N) is 1. The zero-order valence-corrected chi connectivity index (χ0v) is 12.0. The van der Waals surface area contributed by atoms with Crippen molar-refractivity contribution in [3.63, 3.8) is 0 Å². The van der Waals surface area contributed by atoms with Crippen molar-refractivity contribution in [1.29, 1.82) is 0 Å². The Kier molecular flexibility index (Phi) is 3.89. The maximum absolute atomic E-state index is 11.2. The third-order valence-corrected chi connectivity index (χ3v) is 5.53. The Hall–Kier alpha value is -0.870. The summed E-state index contributed by atoms with van der Waals surface area (Å²) in [4.78, 5) is 15.0. The molecule has 3 nitrogen and oxygen atoms in total. The fraction of sp³-hybridized carbons (Fsp3) is 0.667. The molecule has 0 saturated heterocycles. The Balaban J connectivity index is 1.85. The fourth-order valence-corrected chi connectivity index (χ4v) is 4.67. The van der Waals surface area contributed by atoms with Gasteiger partial charge in [0.2, 0.25) is 0 Å². The molecule has 2 aliphatic carbocycles. The number of carbonyl (C=O) groups is 1. The van der Waals surface area contributed by atoms with E-state index >= 15 is 0 Å². The molecule has 1 saturated carbocycles. The van der Waals surface area contributed by atoms with Crippen LogP contribution in [0.25, 0.3) is 0 Å². The summed E-state index contributed by atoms with van der Waals surface area (Å²) in [5.74, 6) is -0.686. The van der Waals surface area contributed by atoms with Crippen LogP contribution in [-0.2, 0) is 11.2 Å². The molecule has 1 heterocycles. The van der Waals surface area contributed by atoms with Crippen LogP contribution in [0, 0.1) is 0 Å². The summed E-state index contributed by atoms with van der Waals surface area (Å²) in [7, 11) is 0. The summed E-state index contributed by atoms with van der Waals surface area (Å²) in [6.07, 6.45) is 8.34. The molecule has 104 valence electrons. The van der Waals surface area contributed by atoms with Crippen LogP contribution in [0.15, 0.2) is 11.4 Å². The number of hydrogen-bond donors (Lipinski definition) is 1. The summed E-state index contributed by atoms with van der Waals surface area (Å²) in [5, 5.41) is 11.4. The van der Waals surface area contributed by atoms with Crippen molar-refractivity contribution in [2.24, 2.45) is 0 Å². The van der Waals surface area contributed by atoms with Gasteiger partial charge in [0.15, 0.2) is 0 Å². The number of aliphatic carboxylic acids is 1. The Bertz CT molecular complexity index is 451. The van der Waals surface area contributed by atoms with Crippen molar-refractivity contribution in [1.82, 2.24) is 4.90 Å². The molecule has 1 fully saturated rings. The lowest BCUT2D eigenvalue weighted by molar-refractivity contribution is -0.139. The van der Waals surface area contributed by atoms with Crippen LogP contribution >= 0.6 is 11.3 Å². The second-order valence-electron chi connectivity index (χ2n) is 5.71. The van der Waals surface area contributed by atoms with Crippen LogP contribution in [0.4, 0.5) is 0 Å². The number of aryl methyl sites for hydroxylation is 1. The Morgan fingerprint density at radius 1 is 1.32 bits per heavy atom. The van der Waals surface area contributed by atoms with Crippen molar-refractivity contribution in [2.75, 3.05) is 6.54 Å². The van der Waals surface area contributed by atoms with E-state index in [1.807, 2.05) is 11.3 Å². The predicted octanol–water partition coefficient (Wildman–Crippen LogP) is 3.45. The van der Waals surface area contributed by atoms with E-state index in [0.29, 0.717) is 12.1 Å². The summed E-state index contributed by atoms with van der Waals surface area (Å²) in [5.41, 5.74) is 1.41. The second-order valence-corrected chi connectivity index (χ2v) is 6.71. The average molecular weight is 279 g/mol. The van der Waals surface area contributed by atoms with Gasteiger partial charge in [0.1, 0.15) is 0 Å². The predicted molar refractivity (Wildman–Crippen MR) is 76.6 cm³/mol. The van der Waals surface area contributed by atoms with Crippen LogP contribution in [-0.4, -0.2) is 28.6 Å². The first kappa shape index (κ1) is 13.1. The van der Waals surface area contributed by atoms with Gasteiger partial charge in [-0.05, 0) is 49.1 Å². The van der Waals surface area contributed by atoms with Gasteiger partial charge in [0.25, 0.3) is 0 Å². The topological polar surface area (TPSA) is 40.5 Å². The molecule has 0 spiro atoms. The smallest absolute Gasteiger partial charge is 0.317 e. The number of rotatable bonds is 4. The minimum absolute atomic E-state index is 0.199.